The molecule has 0 spiro atoms. The summed E-state index contributed by atoms with van der Waals surface area (Å²) >= 11 is 6.14. The number of para-hydroxylation sites is 1. The maximum atomic E-state index is 12.2. The summed E-state index contributed by atoms with van der Waals surface area (Å²) in [4.78, 5) is 12.2. The fraction of sp³-hybridized carbons (Fsp3) is 0.533. The Balaban J connectivity index is 0.00000242. The van der Waals surface area contributed by atoms with Gasteiger partial charge in [0.1, 0.15) is 6.10 Å². The van der Waals surface area contributed by atoms with Gasteiger partial charge in [-0.2, -0.15) is 0 Å². The highest BCUT2D eigenvalue weighted by molar-refractivity contribution is 6.32. The van der Waals surface area contributed by atoms with Crippen LogP contribution in [-0.4, -0.2) is 30.8 Å². The molecule has 1 aliphatic rings. The van der Waals surface area contributed by atoms with Crippen molar-refractivity contribution in [3.05, 3.63) is 23.2 Å². The number of hydrogen-bond acceptors (Lipinski definition) is 4. The molecular formula is C15H22Cl2N2O3. The van der Waals surface area contributed by atoms with Crippen molar-refractivity contribution in [1.82, 2.24) is 0 Å². The molecule has 7 heteroatoms. The number of benzene rings is 1. The van der Waals surface area contributed by atoms with Crippen LogP contribution < -0.4 is 15.8 Å². The minimum atomic E-state index is -0.468. The van der Waals surface area contributed by atoms with E-state index < -0.39 is 6.10 Å². The summed E-state index contributed by atoms with van der Waals surface area (Å²) in [5.41, 5.74) is 6.11. The summed E-state index contributed by atoms with van der Waals surface area (Å²) in [6.45, 7) is 4.24. The zero-order chi connectivity index (χ0) is 15.4. The monoisotopic (exact) mass is 348 g/mol. The fourth-order valence-electron chi connectivity index (χ4n) is 2.25. The van der Waals surface area contributed by atoms with Gasteiger partial charge in [-0.25, -0.2) is 0 Å². The minimum Gasteiger partial charge on any atom is -0.487 e. The SMILES string of the molecule is CC(C)Oc1c(Cl)cccc1NC(=O)[C@@H]1CC[C@H](CN)O1.Cl. The topological polar surface area (TPSA) is 73.6 Å². The number of hydrogen-bond donors (Lipinski definition) is 2. The molecule has 0 bridgehead atoms. The summed E-state index contributed by atoms with van der Waals surface area (Å²) in [7, 11) is 0. The van der Waals surface area contributed by atoms with Crippen LogP contribution in [0, 0.1) is 0 Å². The average molecular weight is 349 g/mol. The van der Waals surface area contributed by atoms with Crippen LogP contribution in [0.4, 0.5) is 5.69 Å². The van der Waals surface area contributed by atoms with Crippen molar-refractivity contribution in [2.75, 3.05) is 11.9 Å². The van der Waals surface area contributed by atoms with E-state index >= 15 is 0 Å². The van der Waals surface area contributed by atoms with E-state index in [2.05, 4.69) is 5.32 Å². The third-order valence-corrected chi connectivity index (χ3v) is 3.54. The van der Waals surface area contributed by atoms with Gasteiger partial charge in [-0.1, -0.05) is 17.7 Å². The van der Waals surface area contributed by atoms with Crippen molar-refractivity contribution in [2.45, 2.75) is 45.0 Å². The van der Waals surface area contributed by atoms with Crippen molar-refractivity contribution >= 4 is 35.6 Å². The van der Waals surface area contributed by atoms with Gasteiger partial charge < -0.3 is 20.5 Å². The number of carbonyl (C=O) groups excluding carboxylic acids is 1. The van der Waals surface area contributed by atoms with Gasteiger partial charge in [-0.15, -0.1) is 12.4 Å². The molecule has 0 radical (unpaired) electrons. The summed E-state index contributed by atoms with van der Waals surface area (Å²) in [5.74, 6) is 0.290. The van der Waals surface area contributed by atoms with E-state index in [-0.39, 0.29) is 30.5 Å². The predicted octanol–water partition coefficient (Wildman–Crippen LogP) is 2.99. The molecule has 0 unspecified atom stereocenters. The lowest BCUT2D eigenvalue weighted by Crippen LogP contribution is -2.30. The molecule has 22 heavy (non-hydrogen) atoms. The Hall–Kier alpha value is -1.01. The molecule has 1 saturated heterocycles. The average Bonchev–Trinajstić information content (AvgIpc) is 2.91. The van der Waals surface area contributed by atoms with Gasteiger partial charge in [0.15, 0.2) is 5.75 Å². The summed E-state index contributed by atoms with van der Waals surface area (Å²) < 4.78 is 11.3. The zero-order valence-electron chi connectivity index (χ0n) is 12.7. The van der Waals surface area contributed by atoms with Crippen molar-refractivity contribution < 1.29 is 14.3 Å². The number of nitrogens with two attached hydrogens (primary N) is 1. The maximum Gasteiger partial charge on any atom is 0.253 e. The molecule has 1 amide bonds. The first-order chi connectivity index (χ1) is 10.0. The Labute approximate surface area is 141 Å². The Kier molecular flexibility index (Phi) is 7.42. The molecule has 3 N–H and O–H groups in total. The first-order valence-electron chi connectivity index (χ1n) is 7.12. The first-order valence-corrected chi connectivity index (χ1v) is 7.50. The van der Waals surface area contributed by atoms with E-state index in [0.717, 1.165) is 6.42 Å². The number of nitrogens with one attached hydrogen (secondary N) is 1. The first kappa shape index (κ1) is 19.0. The number of carbonyl (C=O) groups is 1. The van der Waals surface area contributed by atoms with Crippen molar-refractivity contribution in [1.29, 1.82) is 0 Å². The molecule has 1 fully saturated rings. The number of halogens is 2. The summed E-state index contributed by atoms with van der Waals surface area (Å²) in [6, 6.07) is 5.26. The van der Waals surface area contributed by atoms with E-state index in [1.165, 1.54) is 0 Å². The van der Waals surface area contributed by atoms with Gasteiger partial charge in [0.25, 0.3) is 5.91 Å². The van der Waals surface area contributed by atoms with Crippen LogP contribution in [0.25, 0.3) is 0 Å². The van der Waals surface area contributed by atoms with Crippen molar-refractivity contribution in [2.24, 2.45) is 5.73 Å². The number of anilines is 1. The van der Waals surface area contributed by atoms with E-state index in [9.17, 15) is 4.79 Å². The molecule has 0 aliphatic carbocycles. The van der Waals surface area contributed by atoms with Gasteiger partial charge in [0.05, 0.1) is 22.9 Å². The number of rotatable bonds is 5. The third-order valence-electron chi connectivity index (χ3n) is 3.24. The zero-order valence-corrected chi connectivity index (χ0v) is 14.2. The Morgan fingerprint density at radius 2 is 2.23 bits per heavy atom. The van der Waals surface area contributed by atoms with Crippen LogP contribution >= 0.6 is 24.0 Å². The lowest BCUT2D eigenvalue weighted by atomic mass is 10.2. The highest BCUT2D eigenvalue weighted by Crippen LogP contribution is 2.34. The molecule has 0 aromatic heterocycles. The second-order valence-corrected chi connectivity index (χ2v) is 5.74. The van der Waals surface area contributed by atoms with Crippen LogP contribution in [0.15, 0.2) is 18.2 Å². The van der Waals surface area contributed by atoms with Gasteiger partial charge in [-0.3, -0.25) is 4.79 Å². The van der Waals surface area contributed by atoms with E-state index in [1.807, 2.05) is 13.8 Å². The second kappa shape index (κ2) is 8.58. The van der Waals surface area contributed by atoms with E-state index in [0.29, 0.717) is 29.4 Å². The smallest absolute Gasteiger partial charge is 0.253 e. The molecule has 124 valence electrons. The quantitative estimate of drug-likeness (QED) is 0.857. The Bertz CT molecular complexity index is 512. The third kappa shape index (κ3) is 4.74. The van der Waals surface area contributed by atoms with Crippen LogP contribution in [-0.2, 0) is 9.53 Å². The van der Waals surface area contributed by atoms with Crippen LogP contribution in [0.3, 0.4) is 0 Å². The molecule has 2 rings (SSSR count). The summed E-state index contributed by atoms with van der Waals surface area (Å²) in [6.07, 6.45) is 0.939. The maximum absolute atomic E-state index is 12.2. The minimum absolute atomic E-state index is 0. The van der Waals surface area contributed by atoms with Gasteiger partial charge >= 0.3 is 0 Å². The Morgan fingerprint density at radius 1 is 1.50 bits per heavy atom. The molecule has 1 aromatic rings. The number of ether oxygens (including phenoxy) is 2. The molecule has 1 heterocycles. The normalized spacial score (nSPS) is 20.6. The standard InChI is InChI=1S/C15H21ClN2O3.ClH/c1-9(2)20-14-11(16)4-3-5-12(14)18-15(19)13-7-6-10(8-17)21-13;/h3-5,9-10,13H,6-8,17H2,1-2H3,(H,18,19);1H/t10-,13+;/m1./s1. The predicted molar refractivity (Wildman–Crippen MR) is 90.0 cm³/mol. The Morgan fingerprint density at radius 3 is 2.82 bits per heavy atom. The van der Waals surface area contributed by atoms with E-state index in [4.69, 9.17) is 26.8 Å². The molecule has 2 atom stereocenters. The molecule has 0 saturated carbocycles. The lowest BCUT2D eigenvalue weighted by Gasteiger charge is -2.18. The van der Waals surface area contributed by atoms with Gasteiger partial charge in [-0.05, 0) is 38.8 Å². The lowest BCUT2D eigenvalue weighted by molar-refractivity contribution is -0.126. The van der Waals surface area contributed by atoms with Crippen LogP contribution in [0.2, 0.25) is 5.02 Å². The molecular weight excluding hydrogens is 327 g/mol. The number of amides is 1. The van der Waals surface area contributed by atoms with Crippen LogP contribution in [0.5, 0.6) is 5.75 Å². The largest absolute Gasteiger partial charge is 0.487 e. The fourth-order valence-corrected chi connectivity index (χ4v) is 2.47. The summed E-state index contributed by atoms with van der Waals surface area (Å²) in [5, 5.41) is 3.30. The molecule has 5 nitrogen and oxygen atoms in total. The van der Waals surface area contributed by atoms with Crippen molar-refractivity contribution in [3.63, 3.8) is 0 Å². The second-order valence-electron chi connectivity index (χ2n) is 5.33. The van der Waals surface area contributed by atoms with E-state index in [1.54, 1.807) is 18.2 Å². The highest BCUT2D eigenvalue weighted by Gasteiger charge is 2.30. The van der Waals surface area contributed by atoms with Gasteiger partial charge in [0, 0.05) is 6.54 Å². The van der Waals surface area contributed by atoms with Gasteiger partial charge in [0.2, 0.25) is 0 Å². The van der Waals surface area contributed by atoms with Crippen molar-refractivity contribution in [3.8, 4) is 5.75 Å². The van der Waals surface area contributed by atoms with Crippen LogP contribution in [0.1, 0.15) is 26.7 Å². The molecule has 1 aliphatic heterocycles. The molecule has 1 aromatic carbocycles. The highest BCUT2D eigenvalue weighted by atomic mass is 35.5.